The van der Waals surface area contributed by atoms with Crippen molar-refractivity contribution in [1.29, 1.82) is 0 Å². The van der Waals surface area contributed by atoms with Gasteiger partial charge in [-0.1, -0.05) is 12.1 Å². The Bertz CT molecular complexity index is 686. The third-order valence-electron chi connectivity index (χ3n) is 2.97. The van der Waals surface area contributed by atoms with E-state index in [0.717, 1.165) is 16.2 Å². The fourth-order valence-electron chi connectivity index (χ4n) is 1.84. The summed E-state index contributed by atoms with van der Waals surface area (Å²) in [5.41, 5.74) is 0. The maximum atomic E-state index is 13.3. The second-order valence-electron chi connectivity index (χ2n) is 4.73. The topological polar surface area (TPSA) is 75.6 Å². The van der Waals surface area contributed by atoms with Crippen LogP contribution in [0.25, 0.3) is 0 Å². The summed E-state index contributed by atoms with van der Waals surface area (Å²) in [7, 11) is 0. The Balaban J connectivity index is 1.65. The average molecular weight is 337 g/mol. The highest BCUT2D eigenvalue weighted by Crippen LogP contribution is 2.17. The van der Waals surface area contributed by atoms with Crippen LogP contribution in [0.15, 0.2) is 36.4 Å². The lowest BCUT2D eigenvalue weighted by Crippen LogP contribution is -2.22. The predicted octanol–water partition coefficient (Wildman–Crippen LogP) is 3.06. The number of aromatic carboxylic acids is 1. The number of carboxylic acid groups (broad SMARTS) is 1. The van der Waals surface area contributed by atoms with Gasteiger partial charge < -0.3 is 15.2 Å². The molecule has 0 atom stereocenters. The zero-order chi connectivity index (χ0) is 16.7. The summed E-state index contributed by atoms with van der Waals surface area (Å²) < 4.78 is 18.6. The molecule has 0 bridgehead atoms. The fraction of sp³-hybridized carbons (Fsp3) is 0.250. The number of amides is 1. The number of nitrogens with one attached hydrogen (secondary N) is 1. The summed E-state index contributed by atoms with van der Waals surface area (Å²) in [4.78, 5) is 23.5. The zero-order valence-electron chi connectivity index (χ0n) is 12.3. The number of ether oxygens (including phenoxy) is 1. The molecule has 122 valence electrons. The van der Waals surface area contributed by atoms with Crippen molar-refractivity contribution in [2.75, 3.05) is 6.61 Å². The molecule has 5 nitrogen and oxygen atoms in total. The van der Waals surface area contributed by atoms with E-state index in [-0.39, 0.29) is 29.6 Å². The number of rotatable bonds is 8. The van der Waals surface area contributed by atoms with Crippen LogP contribution in [0.4, 0.5) is 4.39 Å². The van der Waals surface area contributed by atoms with Crippen molar-refractivity contribution in [3.63, 3.8) is 0 Å². The highest BCUT2D eigenvalue weighted by Gasteiger charge is 2.08. The fourth-order valence-corrected chi connectivity index (χ4v) is 2.62. The van der Waals surface area contributed by atoms with Crippen LogP contribution < -0.4 is 10.1 Å². The monoisotopic (exact) mass is 337 g/mol. The van der Waals surface area contributed by atoms with Crippen molar-refractivity contribution in [3.8, 4) is 5.75 Å². The van der Waals surface area contributed by atoms with Crippen LogP contribution in [-0.2, 0) is 11.3 Å². The molecular formula is C16H16FNO4S. The van der Waals surface area contributed by atoms with Gasteiger partial charge in [0.25, 0.3) is 0 Å². The van der Waals surface area contributed by atoms with E-state index in [1.165, 1.54) is 18.2 Å². The van der Waals surface area contributed by atoms with Crippen molar-refractivity contribution in [3.05, 3.63) is 52.0 Å². The van der Waals surface area contributed by atoms with Crippen LogP contribution in [0.2, 0.25) is 0 Å². The van der Waals surface area contributed by atoms with Crippen molar-refractivity contribution >= 4 is 23.2 Å². The van der Waals surface area contributed by atoms with Crippen molar-refractivity contribution in [2.45, 2.75) is 19.4 Å². The Morgan fingerprint density at radius 1 is 1.22 bits per heavy atom. The minimum atomic E-state index is -0.974. The Kier molecular flexibility index (Phi) is 6.10. The van der Waals surface area contributed by atoms with E-state index in [1.54, 1.807) is 18.2 Å². The zero-order valence-corrected chi connectivity index (χ0v) is 13.1. The lowest BCUT2D eigenvalue weighted by atomic mass is 10.3. The highest BCUT2D eigenvalue weighted by atomic mass is 32.1. The maximum Gasteiger partial charge on any atom is 0.345 e. The van der Waals surface area contributed by atoms with Gasteiger partial charge in [-0.05, 0) is 30.7 Å². The van der Waals surface area contributed by atoms with Gasteiger partial charge in [-0.15, -0.1) is 11.3 Å². The van der Waals surface area contributed by atoms with Crippen LogP contribution in [0, 0.1) is 5.82 Å². The van der Waals surface area contributed by atoms with E-state index in [9.17, 15) is 14.0 Å². The average Bonchev–Trinajstić information content (AvgIpc) is 3.00. The van der Waals surface area contributed by atoms with Gasteiger partial charge in [-0.2, -0.15) is 0 Å². The maximum absolute atomic E-state index is 13.3. The third kappa shape index (κ3) is 5.37. The standard InChI is InChI=1S/C16H16FNO4S/c17-12-4-1-2-5-13(12)22-9-3-6-15(19)18-10-11-7-8-14(23-11)16(20)21/h1-2,4-5,7-8H,3,6,9-10H2,(H,18,19)(H,20,21). The molecule has 1 amide bonds. The van der Waals surface area contributed by atoms with Gasteiger partial charge in [0, 0.05) is 11.3 Å². The first kappa shape index (κ1) is 17.0. The normalized spacial score (nSPS) is 10.3. The molecule has 2 rings (SSSR count). The molecule has 0 unspecified atom stereocenters. The van der Waals surface area contributed by atoms with Crippen LogP contribution in [0.5, 0.6) is 5.75 Å². The summed E-state index contributed by atoms with van der Waals surface area (Å²) in [5, 5.41) is 11.5. The third-order valence-corrected chi connectivity index (χ3v) is 4.05. The van der Waals surface area contributed by atoms with E-state index in [1.807, 2.05) is 0 Å². The molecule has 1 aromatic heterocycles. The lowest BCUT2D eigenvalue weighted by molar-refractivity contribution is -0.121. The molecule has 0 aliphatic rings. The molecular weight excluding hydrogens is 321 g/mol. The van der Waals surface area contributed by atoms with Crippen molar-refractivity contribution < 1.29 is 23.8 Å². The Hall–Kier alpha value is -2.41. The number of carbonyl (C=O) groups excluding carboxylic acids is 1. The molecule has 2 N–H and O–H groups in total. The number of para-hydroxylation sites is 1. The Morgan fingerprint density at radius 2 is 2.00 bits per heavy atom. The molecule has 0 saturated heterocycles. The van der Waals surface area contributed by atoms with E-state index in [4.69, 9.17) is 9.84 Å². The molecule has 1 aromatic carbocycles. The van der Waals surface area contributed by atoms with Gasteiger partial charge >= 0.3 is 5.97 Å². The summed E-state index contributed by atoms with van der Waals surface area (Å²) in [5.74, 6) is -1.39. The second-order valence-corrected chi connectivity index (χ2v) is 5.90. The summed E-state index contributed by atoms with van der Waals surface area (Å²) in [6, 6.07) is 9.29. The second kappa shape index (κ2) is 8.28. The number of halogens is 1. The van der Waals surface area contributed by atoms with E-state index in [0.29, 0.717) is 13.0 Å². The lowest BCUT2D eigenvalue weighted by Gasteiger charge is -2.07. The van der Waals surface area contributed by atoms with Crippen LogP contribution in [0.1, 0.15) is 27.4 Å². The summed E-state index contributed by atoms with van der Waals surface area (Å²) in [6.45, 7) is 0.543. The van der Waals surface area contributed by atoms with Crippen molar-refractivity contribution in [1.82, 2.24) is 5.32 Å². The molecule has 23 heavy (non-hydrogen) atoms. The number of thiophene rings is 1. The number of hydrogen-bond acceptors (Lipinski definition) is 4. The predicted molar refractivity (Wildman–Crippen MR) is 84.3 cm³/mol. The van der Waals surface area contributed by atoms with Crippen LogP contribution in [-0.4, -0.2) is 23.6 Å². The van der Waals surface area contributed by atoms with Gasteiger partial charge in [0.15, 0.2) is 11.6 Å². The molecule has 7 heteroatoms. The van der Waals surface area contributed by atoms with E-state index < -0.39 is 11.8 Å². The number of carbonyl (C=O) groups is 2. The molecule has 0 fully saturated rings. The highest BCUT2D eigenvalue weighted by molar-refractivity contribution is 7.13. The molecule has 0 aliphatic heterocycles. The first-order chi connectivity index (χ1) is 11.1. The van der Waals surface area contributed by atoms with Gasteiger partial charge in [0.05, 0.1) is 13.2 Å². The SMILES string of the molecule is O=C(CCCOc1ccccc1F)NCc1ccc(C(=O)O)s1. The van der Waals surface area contributed by atoms with Crippen LogP contribution in [0.3, 0.4) is 0 Å². The molecule has 0 saturated carbocycles. The molecule has 0 radical (unpaired) electrons. The Labute approximate surface area is 136 Å². The van der Waals surface area contributed by atoms with E-state index >= 15 is 0 Å². The Morgan fingerprint density at radius 3 is 2.70 bits per heavy atom. The molecule has 0 aliphatic carbocycles. The van der Waals surface area contributed by atoms with Gasteiger partial charge in [-0.25, -0.2) is 9.18 Å². The molecule has 0 spiro atoms. The molecule has 2 aromatic rings. The smallest absolute Gasteiger partial charge is 0.345 e. The van der Waals surface area contributed by atoms with Gasteiger partial charge in [0.1, 0.15) is 4.88 Å². The quantitative estimate of drug-likeness (QED) is 0.726. The number of hydrogen-bond donors (Lipinski definition) is 2. The van der Waals surface area contributed by atoms with Gasteiger partial charge in [-0.3, -0.25) is 4.79 Å². The molecule has 1 heterocycles. The minimum Gasteiger partial charge on any atom is -0.491 e. The van der Waals surface area contributed by atoms with E-state index in [2.05, 4.69) is 5.32 Å². The first-order valence-corrected chi connectivity index (χ1v) is 7.84. The van der Waals surface area contributed by atoms with Crippen LogP contribution >= 0.6 is 11.3 Å². The van der Waals surface area contributed by atoms with Crippen molar-refractivity contribution in [2.24, 2.45) is 0 Å². The summed E-state index contributed by atoms with van der Waals surface area (Å²) >= 11 is 1.13. The number of benzene rings is 1. The largest absolute Gasteiger partial charge is 0.491 e. The summed E-state index contributed by atoms with van der Waals surface area (Å²) in [6.07, 6.45) is 0.719. The van der Waals surface area contributed by atoms with Gasteiger partial charge in [0.2, 0.25) is 5.91 Å². The minimum absolute atomic E-state index is 0.160. The first-order valence-electron chi connectivity index (χ1n) is 7.02. The number of carboxylic acids is 1.